The number of halogens is 1. The molecule has 38 heavy (non-hydrogen) atoms. The van der Waals surface area contributed by atoms with E-state index in [-0.39, 0.29) is 23.9 Å². The van der Waals surface area contributed by atoms with Crippen molar-refractivity contribution in [3.63, 3.8) is 0 Å². The molecule has 1 fully saturated rings. The van der Waals surface area contributed by atoms with Crippen LogP contribution in [0.2, 0.25) is 5.02 Å². The van der Waals surface area contributed by atoms with Gasteiger partial charge in [-0.1, -0.05) is 75.9 Å². The second-order valence-corrected chi connectivity index (χ2v) is 13.6. The van der Waals surface area contributed by atoms with E-state index in [1.165, 1.54) is 11.3 Å². The molecule has 1 aliphatic carbocycles. The number of nitrogens with zero attached hydrogens (tertiary/aromatic N) is 2. The van der Waals surface area contributed by atoms with Gasteiger partial charge in [0, 0.05) is 17.6 Å². The van der Waals surface area contributed by atoms with Gasteiger partial charge in [-0.05, 0) is 60.6 Å². The maximum Gasteiger partial charge on any atom is 0.244 e. The van der Waals surface area contributed by atoms with Gasteiger partial charge in [-0.15, -0.1) is 0 Å². The van der Waals surface area contributed by atoms with Gasteiger partial charge >= 0.3 is 0 Å². The van der Waals surface area contributed by atoms with E-state index in [0.29, 0.717) is 10.7 Å². The fraction of sp³-hybridized carbons (Fsp3) is 0.517. The lowest BCUT2D eigenvalue weighted by molar-refractivity contribution is -0.139. The molecule has 0 bridgehead atoms. The predicted molar refractivity (Wildman–Crippen MR) is 154 cm³/mol. The number of anilines is 1. The molecule has 0 aromatic heterocycles. The van der Waals surface area contributed by atoms with Gasteiger partial charge in [-0.2, -0.15) is 0 Å². The Morgan fingerprint density at radius 2 is 1.68 bits per heavy atom. The third-order valence-electron chi connectivity index (χ3n) is 7.06. The lowest BCUT2D eigenvalue weighted by atomic mass is 9.87. The van der Waals surface area contributed by atoms with Crippen LogP contribution in [0.4, 0.5) is 5.69 Å². The molecule has 2 aromatic carbocycles. The van der Waals surface area contributed by atoms with E-state index in [4.69, 9.17) is 11.6 Å². The maximum absolute atomic E-state index is 13.7. The van der Waals surface area contributed by atoms with Gasteiger partial charge in [0.2, 0.25) is 21.8 Å². The number of rotatable bonds is 9. The first-order valence-corrected chi connectivity index (χ1v) is 15.4. The minimum atomic E-state index is -3.78. The molecule has 1 unspecified atom stereocenters. The smallest absolute Gasteiger partial charge is 0.244 e. The summed E-state index contributed by atoms with van der Waals surface area (Å²) in [7, 11) is -3.78. The van der Waals surface area contributed by atoms with E-state index < -0.39 is 28.5 Å². The summed E-state index contributed by atoms with van der Waals surface area (Å²) in [4.78, 5) is 28.4. The molecule has 1 atom stereocenters. The zero-order chi connectivity index (χ0) is 28.1. The third-order valence-corrected chi connectivity index (χ3v) is 8.44. The number of amides is 2. The van der Waals surface area contributed by atoms with Crippen LogP contribution in [-0.2, 0) is 31.6 Å². The number of benzene rings is 2. The molecule has 208 valence electrons. The fourth-order valence-electron chi connectivity index (χ4n) is 4.72. The second kappa shape index (κ2) is 12.5. The summed E-state index contributed by atoms with van der Waals surface area (Å²) in [6.07, 6.45) is 6.24. The first kappa shape index (κ1) is 30.0. The number of carbonyl (C=O) groups excluding carboxylic acids is 2. The highest BCUT2D eigenvalue weighted by atomic mass is 35.5. The summed E-state index contributed by atoms with van der Waals surface area (Å²) in [6.45, 7) is 7.62. The molecule has 9 heteroatoms. The van der Waals surface area contributed by atoms with E-state index in [1.54, 1.807) is 37.3 Å². The summed E-state index contributed by atoms with van der Waals surface area (Å²) >= 11 is 6.18. The van der Waals surface area contributed by atoms with Gasteiger partial charge < -0.3 is 10.2 Å². The van der Waals surface area contributed by atoms with Gasteiger partial charge in [0.1, 0.15) is 12.6 Å². The van der Waals surface area contributed by atoms with E-state index in [9.17, 15) is 18.0 Å². The van der Waals surface area contributed by atoms with Gasteiger partial charge in [0.05, 0.1) is 11.9 Å². The van der Waals surface area contributed by atoms with E-state index in [0.717, 1.165) is 47.4 Å². The van der Waals surface area contributed by atoms with Crippen LogP contribution in [0.15, 0.2) is 48.5 Å². The van der Waals surface area contributed by atoms with Gasteiger partial charge in [-0.25, -0.2) is 8.42 Å². The molecule has 2 aromatic rings. The molecule has 1 saturated carbocycles. The zero-order valence-corrected chi connectivity index (χ0v) is 24.6. The number of nitrogens with one attached hydrogen (secondary N) is 1. The van der Waals surface area contributed by atoms with Crippen molar-refractivity contribution in [2.45, 2.75) is 83.8 Å². The highest BCUT2D eigenvalue weighted by Crippen LogP contribution is 2.26. The molecule has 3 rings (SSSR count). The molecule has 1 N–H and O–H groups in total. The van der Waals surface area contributed by atoms with Crippen molar-refractivity contribution in [1.29, 1.82) is 0 Å². The highest BCUT2D eigenvalue weighted by Gasteiger charge is 2.31. The SMILES string of the molecule is CC(C(=O)NC1CCCCC1)N(Cc1cccc(Cl)c1)C(=O)CN(c1ccc(C(C)(C)C)cc1)S(C)(=O)=O. The molecule has 7 nitrogen and oxygen atoms in total. The van der Waals surface area contributed by atoms with Crippen molar-refractivity contribution in [1.82, 2.24) is 10.2 Å². The number of hydrogen-bond acceptors (Lipinski definition) is 4. The van der Waals surface area contributed by atoms with Crippen molar-refractivity contribution in [2.75, 3.05) is 17.1 Å². The van der Waals surface area contributed by atoms with E-state index in [1.807, 2.05) is 18.2 Å². The molecule has 0 radical (unpaired) electrons. The Bertz CT molecular complexity index is 1220. The Labute approximate surface area is 232 Å². The summed E-state index contributed by atoms with van der Waals surface area (Å²) in [6, 6.07) is 13.6. The largest absolute Gasteiger partial charge is 0.352 e. The fourth-order valence-corrected chi connectivity index (χ4v) is 5.79. The van der Waals surface area contributed by atoms with Crippen molar-refractivity contribution in [3.05, 3.63) is 64.7 Å². The summed E-state index contributed by atoms with van der Waals surface area (Å²) in [5.74, 6) is -0.714. The van der Waals surface area contributed by atoms with Gasteiger partial charge in [-0.3, -0.25) is 13.9 Å². The second-order valence-electron chi connectivity index (χ2n) is 11.2. The van der Waals surface area contributed by atoms with Crippen LogP contribution in [0, 0.1) is 0 Å². The highest BCUT2D eigenvalue weighted by molar-refractivity contribution is 7.92. The van der Waals surface area contributed by atoms with Gasteiger partial charge in [0.15, 0.2) is 0 Å². The predicted octanol–water partition coefficient (Wildman–Crippen LogP) is 5.27. The van der Waals surface area contributed by atoms with Crippen molar-refractivity contribution in [2.24, 2.45) is 0 Å². The average molecular weight is 562 g/mol. The van der Waals surface area contributed by atoms with Crippen LogP contribution < -0.4 is 9.62 Å². The summed E-state index contributed by atoms with van der Waals surface area (Å²) < 4.78 is 26.7. The minimum absolute atomic E-state index is 0.0932. The van der Waals surface area contributed by atoms with Crippen molar-refractivity contribution < 1.29 is 18.0 Å². The molecule has 0 aliphatic heterocycles. The molecular formula is C29H40ClN3O4S. The number of hydrogen-bond donors (Lipinski definition) is 1. The van der Waals surface area contributed by atoms with E-state index in [2.05, 4.69) is 26.1 Å². The minimum Gasteiger partial charge on any atom is -0.352 e. The lowest BCUT2D eigenvalue weighted by Gasteiger charge is -2.33. The van der Waals surface area contributed by atoms with E-state index >= 15 is 0 Å². The molecule has 2 amide bonds. The normalized spacial score (nSPS) is 15.5. The Morgan fingerprint density at radius 1 is 1.05 bits per heavy atom. The van der Waals surface area contributed by atoms with Crippen LogP contribution in [0.25, 0.3) is 0 Å². The van der Waals surface area contributed by atoms with Crippen LogP contribution >= 0.6 is 11.6 Å². The van der Waals surface area contributed by atoms with Crippen LogP contribution in [0.5, 0.6) is 0 Å². The molecule has 0 saturated heterocycles. The maximum atomic E-state index is 13.7. The number of sulfonamides is 1. The zero-order valence-electron chi connectivity index (χ0n) is 23.0. The quantitative estimate of drug-likeness (QED) is 0.452. The Hall–Kier alpha value is -2.58. The van der Waals surface area contributed by atoms with Crippen molar-refractivity contribution >= 4 is 39.1 Å². The summed E-state index contributed by atoms with van der Waals surface area (Å²) in [5, 5.41) is 3.62. The molecule has 0 spiro atoms. The summed E-state index contributed by atoms with van der Waals surface area (Å²) in [5.41, 5.74) is 2.11. The van der Waals surface area contributed by atoms with Gasteiger partial charge in [0.25, 0.3) is 0 Å². The lowest BCUT2D eigenvalue weighted by Crippen LogP contribution is -2.52. The Balaban J connectivity index is 1.88. The Morgan fingerprint density at radius 3 is 2.24 bits per heavy atom. The molecular weight excluding hydrogens is 522 g/mol. The van der Waals surface area contributed by atoms with Crippen LogP contribution in [0.3, 0.4) is 0 Å². The first-order valence-electron chi connectivity index (χ1n) is 13.2. The average Bonchev–Trinajstić information content (AvgIpc) is 2.85. The monoisotopic (exact) mass is 561 g/mol. The molecule has 1 aliphatic rings. The first-order chi connectivity index (χ1) is 17.8. The standard InChI is InChI=1S/C29H40ClN3O4S/c1-21(28(35)31-25-12-7-6-8-13-25)32(19-22-10-9-11-24(30)18-22)27(34)20-33(38(5,36)37)26-16-14-23(15-17-26)29(2,3)4/h9-11,14-18,21,25H,6-8,12-13,19-20H2,1-5H3,(H,31,35). The van der Waals surface area contributed by atoms with Crippen molar-refractivity contribution in [3.8, 4) is 0 Å². The van der Waals surface area contributed by atoms with Crippen LogP contribution in [0.1, 0.15) is 70.9 Å². The Kier molecular flexibility index (Phi) is 9.87. The molecule has 0 heterocycles. The van der Waals surface area contributed by atoms with Crippen LogP contribution in [-0.4, -0.2) is 50.0 Å². The third kappa shape index (κ3) is 8.21. The number of carbonyl (C=O) groups is 2. The topological polar surface area (TPSA) is 86.8 Å².